The lowest BCUT2D eigenvalue weighted by Crippen LogP contribution is -2.13. The second-order valence-electron chi connectivity index (χ2n) is 3.58. The zero-order chi connectivity index (χ0) is 12.6. The smallest absolute Gasteiger partial charge is 0.354 e. The van der Waals surface area contributed by atoms with Crippen molar-refractivity contribution in [1.82, 2.24) is 9.78 Å². The molecule has 0 aliphatic heterocycles. The largest absolute Gasteiger partial charge is 0.508 e. The van der Waals surface area contributed by atoms with E-state index in [9.17, 15) is 14.7 Å². The van der Waals surface area contributed by atoms with E-state index in [1.807, 2.05) is 0 Å². The molecule has 1 aromatic heterocycles. The molecule has 0 bridgehead atoms. The lowest BCUT2D eigenvalue weighted by Gasteiger charge is -1.99. The number of carboxylic acids is 1. The highest BCUT2D eigenvalue weighted by atomic mass is 16.4. The molecule has 6 heteroatoms. The molecule has 0 saturated heterocycles. The van der Waals surface area contributed by atoms with E-state index in [1.165, 1.54) is 19.2 Å². The number of phenols is 1. The van der Waals surface area contributed by atoms with Crippen LogP contribution in [-0.4, -0.2) is 26.0 Å². The molecule has 88 valence electrons. The Morgan fingerprint density at radius 2 is 2.12 bits per heavy atom. The number of aromatic amines is 1. The Kier molecular flexibility index (Phi) is 2.47. The third-order valence-corrected chi connectivity index (χ3v) is 2.40. The SMILES string of the molecule is Cn1[nH]c(C(=O)O)c(-c2cccc(O)c2)c1=O. The minimum Gasteiger partial charge on any atom is -0.508 e. The van der Waals surface area contributed by atoms with Crippen LogP contribution < -0.4 is 5.56 Å². The van der Waals surface area contributed by atoms with Crippen molar-refractivity contribution in [2.24, 2.45) is 7.05 Å². The molecule has 0 spiro atoms. The van der Waals surface area contributed by atoms with Crippen molar-refractivity contribution in [3.05, 3.63) is 40.3 Å². The van der Waals surface area contributed by atoms with Crippen LogP contribution in [-0.2, 0) is 7.05 Å². The van der Waals surface area contributed by atoms with Crippen LogP contribution in [0.1, 0.15) is 10.5 Å². The van der Waals surface area contributed by atoms with Crippen LogP contribution in [0.3, 0.4) is 0 Å². The number of hydrogen-bond acceptors (Lipinski definition) is 3. The third kappa shape index (κ3) is 1.80. The zero-order valence-corrected chi connectivity index (χ0v) is 8.97. The molecule has 3 N–H and O–H groups in total. The van der Waals surface area contributed by atoms with Crippen LogP contribution in [0.2, 0.25) is 0 Å². The first-order valence-electron chi connectivity index (χ1n) is 4.82. The average Bonchev–Trinajstić information content (AvgIpc) is 2.56. The Labute approximate surface area is 95.7 Å². The van der Waals surface area contributed by atoms with E-state index < -0.39 is 11.5 Å². The lowest BCUT2D eigenvalue weighted by atomic mass is 10.1. The highest BCUT2D eigenvalue weighted by Crippen LogP contribution is 2.22. The van der Waals surface area contributed by atoms with Gasteiger partial charge in [0.25, 0.3) is 5.56 Å². The van der Waals surface area contributed by atoms with Gasteiger partial charge in [-0.25, -0.2) is 4.79 Å². The summed E-state index contributed by atoms with van der Waals surface area (Å²) in [6.07, 6.45) is 0. The van der Waals surface area contributed by atoms with Crippen molar-refractivity contribution in [1.29, 1.82) is 0 Å². The highest BCUT2D eigenvalue weighted by Gasteiger charge is 2.19. The van der Waals surface area contributed by atoms with E-state index in [0.29, 0.717) is 5.56 Å². The number of nitrogens with zero attached hydrogens (tertiary/aromatic N) is 1. The molecular formula is C11H10N2O4. The number of carboxylic acid groups (broad SMARTS) is 1. The van der Waals surface area contributed by atoms with Crippen molar-refractivity contribution >= 4 is 5.97 Å². The van der Waals surface area contributed by atoms with E-state index in [0.717, 1.165) is 4.68 Å². The Morgan fingerprint density at radius 1 is 1.41 bits per heavy atom. The number of carbonyl (C=O) groups is 1. The maximum Gasteiger partial charge on any atom is 0.354 e. The highest BCUT2D eigenvalue weighted by molar-refractivity contribution is 5.93. The summed E-state index contributed by atoms with van der Waals surface area (Å²) in [5.41, 5.74) is -0.240. The maximum absolute atomic E-state index is 11.8. The number of H-pyrrole nitrogens is 1. The minimum atomic E-state index is -1.22. The fourth-order valence-electron chi connectivity index (χ4n) is 1.63. The predicted molar refractivity (Wildman–Crippen MR) is 60.1 cm³/mol. The Balaban J connectivity index is 2.74. The molecule has 6 nitrogen and oxygen atoms in total. The van der Waals surface area contributed by atoms with E-state index >= 15 is 0 Å². The average molecular weight is 234 g/mol. The van der Waals surface area contributed by atoms with E-state index in [4.69, 9.17) is 5.11 Å². The molecule has 1 aromatic carbocycles. The fraction of sp³-hybridized carbons (Fsp3) is 0.0909. The molecule has 17 heavy (non-hydrogen) atoms. The number of aromatic hydroxyl groups is 1. The number of hydrogen-bond donors (Lipinski definition) is 3. The van der Waals surface area contributed by atoms with E-state index in [-0.39, 0.29) is 17.0 Å². The van der Waals surface area contributed by atoms with Gasteiger partial charge in [-0.2, -0.15) is 0 Å². The molecular weight excluding hydrogens is 224 g/mol. The number of aromatic nitrogens is 2. The first-order valence-corrected chi connectivity index (χ1v) is 4.82. The molecule has 0 unspecified atom stereocenters. The normalized spacial score (nSPS) is 10.4. The van der Waals surface area contributed by atoms with Gasteiger partial charge in [0.15, 0.2) is 5.69 Å². The van der Waals surface area contributed by atoms with Crippen molar-refractivity contribution in [3.8, 4) is 16.9 Å². The van der Waals surface area contributed by atoms with Gasteiger partial charge in [0.05, 0.1) is 5.56 Å². The third-order valence-electron chi connectivity index (χ3n) is 2.40. The van der Waals surface area contributed by atoms with Gasteiger partial charge in [0.2, 0.25) is 0 Å². The van der Waals surface area contributed by atoms with Crippen molar-refractivity contribution < 1.29 is 15.0 Å². The summed E-state index contributed by atoms with van der Waals surface area (Å²) >= 11 is 0. The van der Waals surface area contributed by atoms with Crippen molar-refractivity contribution in [2.75, 3.05) is 0 Å². The van der Waals surface area contributed by atoms with Gasteiger partial charge in [-0.3, -0.25) is 14.6 Å². The van der Waals surface area contributed by atoms with Gasteiger partial charge in [-0.15, -0.1) is 0 Å². The summed E-state index contributed by atoms with van der Waals surface area (Å²) < 4.78 is 1.09. The lowest BCUT2D eigenvalue weighted by molar-refractivity contribution is 0.0690. The summed E-state index contributed by atoms with van der Waals surface area (Å²) in [6.45, 7) is 0. The number of aromatic carboxylic acids is 1. The number of rotatable bonds is 2. The van der Waals surface area contributed by atoms with Crippen LogP contribution in [0.4, 0.5) is 0 Å². The molecule has 0 radical (unpaired) electrons. The molecule has 0 atom stereocenters. The zero-order valence-electron chi connectivity index (χ0n) is 8.97. The van der Waals surface area contributed by atoms with Gasteiger partial charge in [0.1, 0.15) is 5.75 Å². The quantitative estimate of drug-likeness (QED) is 0.715. The summed E-state index contributed by atoms with van der Waals surface area (Å²) in [5.74, 6) is -1.25. The first kappa shape index (κ1) is 11.0. The summed E-state index contributed by atoms with van der Waals surface area (Å²) in [7, 11) is 1.43. The van der Waals surface area contributed by atoms with Crippen LogP contribution in [0.25, 0.3) is 11.1 Å². The van der Waals surface area contributed by atoms with Gasteiger partial charge < -0.3 is 10.2 Å². The molecule has 0 aliphatic rings. The number of benzene rings is 1. The number of aryl methyl sites for hydroxylation is 1. The monoisotopic (exact) mass is 234 g/mol. The fourth-order valence-corrected chi connectivity index (χ4v) is 1.63. The summed E-state index contributed by atoms with van der Waals surface area (Å²) in [4.78, 5) is 22.8. The summed E-state index contributed by atoms with van der Waals surface area (Å²) in [6, 6.07) is 5.90. The molecule has 1 heterocycles. The standard InChI is InChI=1S/C11H10N2O4/c1-13-10(15)8(9(12-13)11(16)17)6-3-2-4-7(14)5-6/h2-5,12,14H,1H3,(H,16,17). The number of nitrogens with one attached hydrogen (secondary N) is 1. The Hall–Kier alpha value is -2.50. The number of phenolic OH excluding ortho intramolecular Hbond substituents is 1. The minimum absolute atomic E-state index is 0.0258. The van der Waals surface area contributed by atoms with Gasteiger partial charge in [-0.05, 0) is 17.7 Å². The van der Waals surface area contributed by atoms with Crippen LogP contribution in [0.5, 0.6) is 5.75 Å². The summed E-state index contributed by atoms with van der Waals surface area (Å²) in [5, 5.41) is 20.8. The second kappa shape index (κ2) is 3.82. The molecule has 0 amide bonds. The van der Waals surface area contributed by atoms with Gasteiger partial charge in [-0.1, -0.05) is 12.1 Å². The second-order valence-corrected chi connectivity index (χ2v) is 3.58. The van der Waals surface area contributed by atoms with Gasteiger partial charge in [0, 0.05) is 7.05 Å². The van der Waals surface area contributed by atoms with Crippen molar-refractivity contribution in [2.45, 2.75) is 0 Å². The van der Waals surface area contributed by atoms with Gasteiger partial charge >= 0.3 is 5.97 Å². The topological polar surface area (TPSA) is 95.3 Å². The first-order chi connectivity index (χ1) is 8.00. The van der Waals surface area contributed by atoms with Crippen LogP contribution in [0.15, 0.2) is 29.1 Å². The van der Waals surface area contributed by atoms with E-state index in [1.54, 1.807) is 12.1 Å². The maximum atomic E-state index is 11.8. The molecule has 0 saturated carbocycles. The van der Waals surface area contributed by atoms with Crippen LogP contribution in [0, 0.1) is 0 Å². The Bertz CT molecular complexity index is 639. The van der Waals surface area contributed by atoms with Crippen molar-refractivity contribution in [3.63, 3.8) is 0 Å². The van der Waals surface area contributed by atoms with Crippen LogP contribution >= 0.6 is 0 Å². The predicted octanol–water partition coefficient (Wildman–Crippen LogP) is 0.784. The molecule has 2 aromatic rings. The molecule has 0 aliphatic carbocycles. The van der Waals surface area contributed by atoms with E-state index in [2.05, 4.69) is 5.10 Å². The Morgan fingerprint density at radius 3 is 2.71 bits per heavy atom. The molecule has 2 rings (SSSR count). The molecule has 0 fully saturated rings.